The van der Waals surface area contributed by atoms with Gasteiger partial charge in [0, 0.05) is 13.6 Å². The molecule has 0 radical (unpaired) electrons. The average molecular weight is 293 g/mol. The van der Waals surface area contributed by atoms with Gasteiger partial charge in [-0.15, -0.1) is 0 Å². The Kier molecular flexibility index (Phi) is 5.82. The number of aryl methyl sites for hydroxylation is 1. The molecule has 0 bridgehead atoms. The van der Waals surface area contributed by atoms with Crippen molar-refractivity contribution in [2.24, 2.45) is 5.92 Å². The molecule has 21 heavy (non-hydrogen) atoms. The van der Waals surface area contributed by atoms with Crippen molar-refractivity contribution in [2.75, 3.05) is 40.3 Å². The van der Waals surface area contributed by atoms with Crippen LogP contribution in [0.5, 0.6) is 0 Å². The van der Waals surface area contributed by atoms with E-state index in [0.29, 0.717) is 19.0 Å². The summed E-state index contributed by atoms with van der Waals surface area (Å²) < 4.78 is 5.52. The Morgan fingerprint density at radius 2 is 2.05 bits per heavy atom. The molecule has 0 aliphatic carbocycles. The van der Waals surface area contributed by atoms with Gasteiger partial charge < -0.3 is 14.6 Å². The minimum atomic E-state index is 0.139. The normalized spacial score (nSPS) is 16.4. The van der Waals surface area contributed by atoms with E-state index in [0.717, 1.165) is 31.2 Å². The number of furan rings is 1. The highest BCUT2D eigenvalue weighted by molar-refractivity contribution is 5.77. The second-order valence-corrected chi connectivity index (χ2v) is 6.15. The minimum Gasteiger partial charge on any atom is -0.464 e. The topological polar surface area (TPSA) is 48.7 Å². The minimum absolute atomic E-state index is 0.139. The molecule has 1 saturated heterocycles. The highest BCUT2D eigenvalue weighted by Gasteiger charge is 2.18. The van der Waals surface area contributed by atoms with E-state index in [1.54, 1.807) is 4.90 Å². The number of carbonyl (C=O) groups is 1. The summed E-state index contributed by atoms with van der Waals surface area (Å²) in [5, 5.41) is 3.37. The molecule has 118 valence electrons. The number of amides is 1. The molecule has 5 heteroatoms. The highest BCUT2D eigenvalue weighted by Crippen LogP contribution is 2.13. The second kappa shape index (κ2) is 7.61. The summed E-state index contributed by atoms with van der Waals surface area (Å²) in [5.74, 6) is 2.57. The highest BCUT2D eigenvalue weighted by atomic mass is 16.3. The van der Waals surface area contributed by atoms with E-state index >= 15 is 0 Å². The number of likely N-dealkylation sites (N-methyl/N-ethyl adjacent to an activating group) is 2. The number of hydrogen-bond acceptors (Lipinski definition) is 4. The van der Waals surface area contributed by atoms with Gasteiger partial charge in [-0.1, -0.05) is 0 Å². The van der Waals surface area contributed by atoms with E-state index in [-0.39, 0.29) is 5.91 Å². The molecule has 0 atom stereocenters. The predicted molar refractivity (Wildman–Crippen MR) is 83.0 cm³/mol. The summed E-state index contributed by atoms with van der Waals surface area (Å²) in [4.78, 5) is 16.1. The summed E-state index contributed by atoms with van der Waals surface area (Å²) in [5.41, 5.74) is 0. The number of nitrogens with one attached hydrogen (secondary N) is 1. The van der Waals surface area contributed by atoms with Gasteiger partial charge in [-0.2, -0.15) is 0 Å². The van der Waals surface area contributed by atoms with E-state index in [4.69, 9.17) is 4.42 Å². The molecule has 0 spiro atoms. The zero-order valence-electron chi connectivity index (χ0n) is 13.4. The van der Waals surface area contributed by atoms with E-state index in [9.17, 15) is 4.79 Å². The van der Waals surface area contributed by atoms with E-state index in [2.05, 4.69) is 10.2 Å². The monoisotopic (exact) mass is 293 g/mol. The molecule has 0 saturated carbocycles. The maximum Gasteiger partial charge on any atom is 0.236 e. The fraction of sp³-hybridized carbons (Fsp3) is 0.688. The Labute approximate surface area is 127 Å². The fourth-order valence-electron chi connectivity index (χ4n) is 2.81. The van der Waals surface area contributed by atoms with E-state index < -0.39 is 0 Å². The molecule has 1 amide bonds. The first kappa shape index (κ1) is 16.0. The van der Waals surface area contributed by atoms with Gasteiger partial charge in [-0.05, 0) is 58.0 Å². The Hall–Kier alpha value is -1.33. The number of hydrogen-bond donors (Lipinski definition) is 1. The van der Waals surface area contributed by atoms with Crippen molar-refractivity contribution < 1.29 is 9.21 Å². The molecule has 1 N–H and O–H groups in total. The lowest BCUT2D eigenvalue weighted by atomic mass is 9.98. The van der Waals surface area contributed by atoms with Gasteiger partial charge in [0.1, 0.15) is 11.5 Å². The van der Waals surface area contributed by atoms with Crippen molar-refractivity contribution in [2.45, 2.75) is 26.3 Å². The standard InChI is InChI=1S/C16H27N3O2/c1-13-4-5-15(21-13)11-19(3)16(20)12-18(2)10-14-6-8-17-9-7-14/h4-5,14,17H,6-12H2,1-3H3. The number of rotatable bonds is 6. The number of piperidine rings is 1. The van der Waals surface area contributed by atoms with Crippen LogP contribution < -0.4 is 5.32 Å². The summed E-state index contributed by atoms with van der Waals surface area (Å²) in [6.07, 6.45) is 2.42. The van der Waals surface area contributed by atoms with Crippen LogP contribution in [0.1, 0.15) is 24.4 Å². The van der Waals surface area contributed by atoms with Crippen molar-refractivity contribution in [3.8, 4) is 0 Å². The summed E-state index contributed by atoms with van der Waals surface area (Å²) in [7, 11) is 3.86. The van der Waals surface area contributed by atoms with E-state index in [1.165, 1.54) is 12.8 Å². The molecule has 1 aromatic heterocycles. The third kappa shape index (κ3) is 5.17. The first-order valence-corrected chi connectivity index (χ1v) is 7.73. The van der Waals surface area contributed by atoms with Crippen molar-refractivity contribution in [1.29, 1.82) is 0 Å². The summed E-state index contributed by atoms with van der Waals surface area (Å²) in [6.45, 7) is 6.13. The summed E-state index contributed by atoms with van der Waals surface area (Å²) >= 11 is 0. The second-order valence-electron chi connectivity index (χ2n) is 6.15. The number of nitrogens with zero attached hydrogens (tertiary/aromatic N) is 2. The SMILES string of the molecule is Cc1ccc(CN(C)C(=O)CN(C)CC2CCNCC2)o1. The zero-order valence-corrected chi connectivity index (χ0v) is 13.4. The van der Waals surface area contributed by atoms with Crippen molar-refractivity contribution >= 4 is 5.91 Å². The van der Waals surface area contributed by atoms with Gasteiger partial charge >= 0.3 is 0 Å². The molecule has 1 fully saturated rings. The quantitative estimate of drug-likeness (QED) is 0.863. The molecular formula is C16H27N3O2. The Morgan fingerprint density at radius 3 is 2.67 bits per heavy atom. The lowest BCUT2D eigenvalue weighted by Crippen LogP contribution is -2.40. The van der Waals surface area contributed by atoms with Crippen LogP contribution in [0, 0.1) is 12.8 Å². The van der Waals surface area contributed by atoms with Crippen LogP contribution in [-0.2, 0) is 11.3 Å². The molecule has 1 aromatic rings. The zero-order chi connectivity index (χ0) is 15.2. The molecule has 1 aliphatic heterocycles. The van der Waals surface area contributed by atoms with Gasteiger partial charge in [0.05, 0.1) is 13.1 Å². The van der Waals surface area contributed by atoms with Gasteiger partial charge in [0.15, 0.2) is 0 Å². The average Bonchev–Trinajstić information content (AvgIpc) is 2.85. The molecular weight excluding hydrogens is 266 g/mol. The lowest BCUT2D eigenvalue weighted by molar-refractivity contribution is -0.131. The third-order valence-electron chi connectivity index (χ3n) is 4.05. The van der Waals surface area contributed by atoms with Crippen LogP contribution in [-0.4, -0.2) is 56.0 Å². The molecule has 0 aromatic carbocycles. The van der Waals surface area contributed by atoms with Gasteiger partial charge in [0.2, 0.25) is 5.91 Å². The van der Waals surface area contributed by atoms with Crippen LogP contribution >= 0.6 is 0 Å². The molecule has 2 rings (SSSR count). The maximum absolute atomic E-state index is 12.2. The first-order valence-electron chi connectivity index (χ1n) is 7.73. The Bertz CT molecular complexity index is 452. The van der Waals surface area contributed by atoms with Crippen LogP contribution in [0.4, 0.5) is 0 Å². The fourth-order valence-corrected chi connectivity index (χ4v) is 2.81. The molecule has 0 unspecified atom stereocenters. The maximum atomic E-state index is 12.2. The molecule has 1 aliphatic rings. The predicted octanol–water partition coefficient (Wildman–Crippen LogP) is 1.48. The van der Waals surface area contributed by atoms with Gasteiger partial charge in [-0.25, -0.2) is 0 Å². The third-order valence-corrected chi connectivity index (χ3v) is 4.05. The molecule has 5 nitrogen and oxygen atoms in total. The molecule has 2 heterocycles. The van der Waals surface area contributed by atoms with Crippen LogP contribution in [0.2, 0.25) is 0 Å². The van der Waals surface area contributed by atoms with Crippen molar-refractivity contribution in [1.82, 2.24) is 15.1 Å². The smallest absolute Gasteiger partial charge is 0.236 e. The van der Waals surface area contributed by atoms with Crippen LogP contribution in [0.15, 0.2) is 16.5 Å². The lowest BCUT2D eigenvalue weighted by Gasteiger charge is -2.28. The van der Waals surface area contributed by atoms with Crippen molar-refractivity contribution in [3.05, 3.63) is 23.7 Å². The Balaban J connectivity index is 1.74. The van der Waals surface area contributed by atoms with Crippen LogP contribution in [0.25, 0.3) is 0 Å². The van der Waals surface area contributed by atoms with E-state index in [1.807, 2.05) is 33.2 Å². The first-order chi connectivity index (χ1) is 10.0. The summed E-state index contributed by atoms with van der Waals surface area (Å²) in [6, 6.07) is 3.86. The largest absolute Gasteiger partial charge is 0.464 e. The van der Waals surface area contributed by atoms with Crippen LogP contribution in [0.3, 0.4) is 0 Å². The Morgan fingerprint density at radius 1 is 1.33 bits per heavy atom. The number of carbonyl (C=O) groups excluding carboxylic acids is 1. The van der Waals surface area contributed by atoms with Crippen molar-refractivity contribution in [3.63, 3.8) is 0 Å². The van der Waals surface area contributed by atoms with Gasteiger partial charge in [0.25, 0.3) is 0 Å². The van der Waals surface area contributed by atoms with Gasteiger partial charge in [-0.3, -0.25) is 9.69 Å².